The van der Waals surface area contributed by atoms with Crippen molar-refractivity contribution in [2.45, 2.75) is 39.0 Å². The van der Waals surface area contributed by atoms with Crippen LogP contribution in [0.1, 0.15) is 37.5 Å². The summed E-state index contributed by atoms with van der Waals surface area (Å²) in [7, 11) is 0. The summed E-state index contributed by atoms with van der Waals surface area (Å²) in [6.07, 6.45) is 6.74. The third kappa shape index (κ3) is 4.46. The minimum atomic E-state index is -0.323. The second-order valence-electron chi connectivity index (χ2n) is 8.43. The first-order chi connectivity index (χ1) is 14.7. The predicted octanol–water partition coefficient (Wildman–Crippen LogP) is 4.65. The Morgan fingerprint density at radius 1 is 1.06 bits per heavy atom. The number of hydrogen-bond acceptors (Lipinski definition) is 5. The Labute approximate surface area is 184 Å². The number of nitrogens with zero attached hydrogens (tertiary/aromatic N) is 5. The molecule has 0 N–H and O–H groups in total. The summed E-state index contributed by atoms with van der Waals surface area (Å²) < 4.78 is 13.9. The molecule has 0 fully saturated rings. The van der Waals surface area contributed by atoms with Gasteiger partial charge in [0.2, 0.25) is 0 Å². The van der Waals surface area contributed by atoms with Crippen LogP contribution in [-0.4, -0.2) is 30.7 Å². The van der Waals surface area contributed by atoms with Crippen molar-refractivity contribution in [3.05, 3.63) is 76.6 Å². The lowest BCUT2D eigenvalue weighted by atomic mass is 9.80. The highest BCUT2D eigenvalue weighted by Gasteiger charge is 2.23. The van der Waals surface area contributed by atoms with E-state index in [0.717, 1.165) is 16.5 Å². The molecule has 0 amide bonds. The molecule has 0 saturated heterocycles. The summed E-state index contributed by atoms with van der Waals surface area (Å²) >= 11 is 6.31. The van der Waals surface area contributed by atoms with E-state index in [1.165, 1.54) is 29.3 Å². The van der Waals surface area contributed by atoms with E-state index < -0.39 is 0 Å². The minimum absolute atomic E-state index is 0.00844. The largest absolute Gasteiger partial charge is 0.299 e. The summed E-state index contributed by atoms with van der Waals surface area (Å²) in [5.41, 5.74) is 2.85. The molecule has 6 nitrogen and oxygen atoms in total. The fraction of sp³-hybridized carbons (Fsp3) is 0.261. The van der Waals surface area contributed by atoms with Gasteiger partial charge in [0.15, 0.2) is 5.82 Å². The number of halogens is 2. The average Bonchev–Trinajstić information content (AvgIpc) is 3.21. The zero-order valence-corrected chi connectivity index (χ0v) is 18.2. The molecule has 0 radical (unpaired) electrons. The number of carbonyl (C=O) groups is 1. The van der Waals surface area contributed by atoms with Crippen molar-refractivity contribution in [1.29, 1.82) is 0 Å². The van der Waals surface area contributed by atoms with Crippen molar-refractivity contribution < 1.29 is 9.18 Å². The van der Waals surface area contributed by atoms with Gasteiger partial charge in [0.1, 0.15) is 11.6 Å². The van der Waals surface area contributed by atoms with Crippen molar-refractivity contribution >= 4 is 28.3 Å². The second kappa shape index (κ2) is 8.15. The topological polar surface area (TPSA) is 73.6 Å². The molecule has 0 bridgehead atoms. The fourth-order valence-corrected chi connectivity index (χ4v) is 4.03. The Kier molecular flexibility index (Phi) is 5.54. The van der Waals surface area contributed by atoms with Gasteiger partial charge in [-0.3, -0.25) is 9.78 Å². The number of Topliss-reactive ketones (excluding diaryl/α,β-unsaturated/α-hetero) is 1. The quantitative estimate of drug-likeness (QED) is 0.454. The smallest absolute Gasteiger partial charge is 0.193 e. The molecule has 0 aliphatic carbocycles. The molecule has 3 aromatic heterocycles. The highest BCUT2D eigenvalue weighted by Crippen LogP contribution is 2.33. The standard InChI is InChI=1S/C23H21ClFN5O/c1-23(2,3)21-15(13-26-20-5-4-16(25)11-18(20)21)10-17(31)8-14-9-19(24)22(27-12-14)30-28-6-7-29-30/h4-7,9,11-13H,8,10H2,1-3H3. The van der Waals surface area contributed by atoms with Crippen LogP contribution in [0.2, 0.25) is 5.02 Å². The maximum Gasteiger partial charge on any atom is 0.193 e. The van der Waals surface area contributed by atoms with E-state index in [0.29, 0.717) is 21.9 Å². The number of fused-ring (bicyclic) bond motifs is 1. The van der Waals surface area contributed by atoms with Crippen LogP contribution in [0, 0.1) is 5.82 Å². The van der Waals surface area contributed by atoms with E-state index in [1.54, 1.807) is 24.5 Å². The Bertz CT molecular complexity index is 1270. The molecule has 0 saturated carbocycles. The van der Waals surface area contributed by atoms with Gasteiger partial charge in [-0.1, -0.05) is 32.4 Å². The molecule has 3 heterocycles. The first-order valence-electron chi connectivity index (χ1n) is 9.83. The fourth-order valence-electron chi connectivity index (χ4n) is 3.77. The van der Waals surface area contributed by atoms with E-state index in [2.05, 4.69) is 20.2 Å². The molecule has 4 aromatic rings. The van der Waals surface area contributed by atoms with Crippen molar-refractivity contribution in [2.24, 2.45) is 0 Å². The zero-order chi connectivity index (χ0) is 22.2. The maximum absolute atomic E-state index is 13.9. The molecule has 0 atom stereocenters. The highest BCUT2D eigenvalue weighted by molar-refractivity contribution is 6.32. The SMILES string of the molecule is CC(C)(C)c1c(CC(=O)Cc2cnc(-n3nccn3)c(Cl)c2)cnc2ccc(F)cc12. The van der Waals surface area contributed by atoms with Gasteiger partial charge in [0.25, 0.3) is 0 Å². The van der Waals surface area contributed by atoms with E-state index >= 15 is 0 Å². The van der Waals surface area contributed by atoms with Gasteiger partial charge in [0.05, 0.1) is 22.9 Å². The molecular formula is C23H21ClFN5O. The number of benzene rings is 1. The normalized spacial score (nSPS) is 11.8. The Morgan fingerprint density at radius 3 is 2.48 bits per heavy atom. The molecule has 31 heavy (non-hydrogen) atoms. The third-order valence-corrected chi connectivity index (χ3v) is 5.21. The summed E-state index contributed by atoms with van der Waals surface area (Å²) in [4.78, 5) is 22.9. The van der Waals surface area contributed by atoms with Crippen LogP contribution < -0.4 is 0 Å². The van der Waals surface area contributed by atoms with Crippen molar-refractivity contribution in [1.82, 2.24) is 25.0 Å². The lowest BCUT2D eigenvalue weighted by Crippen LogP contribution is -2.18. The van der Waals surface area contributed by atoms with Crippen LogP contribution in [-0.2, 0) is 23.1 Å². The van der Waals surface area contributed by atoms with E-state index in [-0.39, 0.29) is 29.9 Å². The van der Waals surface area contributed by atoms with Crippen molar-refractivity contribution in [3.63, 3.8) is 0 Å². The number of pyridine rings is 2. The van der Waals surface area contributed by atoms with Gasteiger partial charge in [0, 0.05) is 30.6 Å². The van der Waals surface area contributed by atoms with E-state index in [1.807, 2.05) is 20.8 Å². The summed E-state index contributed by atoms with van der Waals surface area (Å²) in [6.45, 7) is 6.14. The number of carbonyl (C=O) groups excluding carboxylic acids is 1. The number of aromatic nitrogens is 5. The zero-order valence-electron chi connectivity index (χ0n) is 17.4. The van der Waals surface area contributed by atoms with Crippen LogP contribution in [0.3, 0.4) is 0 Å². The van der Waals surface area contributed by atoms with E-state index in [4.69, 9.17) is 11.6 Å². The molecule has 0 unspecified atom stereocenters. The predicted molar refractivity (Wildman–Crippen MR) is 117 cm³/mol. The molecule has 0 aliphatic heterocycles. The van der Waals surface area contributed by atoms with Gasteiger partial charge in [-0.2, -0.15) is 10.2 Å². The van der Waals surface area contributed by atoms with Gasteiger partial charge < -0.3 is 0 Å². The van der Waals surface area contributed by atoms with Gasteiger partial charge in [-0.25, -0.2) is 9.37 Å². The van der Waals surface area contributed by atoms with Gasteiger partial charge >= 0.3 is 0 Å². The van der Waals surface area contributed by atoms with Crippen LogP contribution in [0.25, 0.3) is 16.7 Å². The van der Waals surface area contributed by atoms with Crippen LogP contribution in [0.15, 0.2) is 49.1 Å². The van der Waals surface area contributed by atoms with Gasteiger partial charge in [-0.05, 0) is 46.4 Å². The van der Waals surface area contributed by atoms with Crippen LogP contribution in [0.5, 0.6) is 0 Å². The summed E-state index contributed by atoms with van der Waals surface area (Å²) in [6, 6.07) is 6.24. The Hall–Kier alpha value is -3.19. The third-order valence-electron chi connectivity index (χ3n) is 4.93. The molecule has 0 spiro atoms. The first kappa shape index (κ1) is 21.1. The number of ketones is 1. The second-order valence-corrected chi connectivity index (χ2v) is 8.84. The average molecular weight is 438 g/mol. The van der Waals surface area contributed by atoms with E-state index in [9.17, 15) is 9.18 Å². The minimum Gasteiger partial charge on any atom is -0.299 e. The molecule has 1 aromatic carbocycles. The first-order valence-corrected chi connectivity index (χ1v) is 10.2. The highest BCUT2D eigenvalue weighted by atomic mass is 35.5. The Morgan fingerprint density at radius 2 is 1.81 bits per heavy atom. The number of rotatable bonds is 5. The van der Waals surface area contributed by atoms with Crippen molar-refractivity contribution in [2.75, 3.05) is 0 Å². The van der Waals surface area contributed by atoms with Crippen LogP contribution >= 0.6 is 11.6 Å². The molecular weight excluding hydrogens is 417 g/mol. The lowest BCUT2D eigenvalue weighted by Gasteiger charge is -2.24. The summed E-state index contributed by atoms with van der Waals surface area (Å²) in [5.74, 6) is 0.0697. The molecule has 8 heteroatoms. The maximum atomic E-state index is 13.9. The summed E-state index contributed by atoms with van der Waals surface area (Å²) in [5, 5.41) is 9.13. The molecule has 0 aliphatic rings. The number of hydrogen-bond donors (Lipinski definition) is 0. The molecule has 4 rings (SSSR count). The monoisotopic (exact) mass is 437 g/mol. The van der Waals surface area contributed by atoms with Crippen LogP contribution in [0.4, 0.5) is 4.39 Å². The molecule has 158 valence electrons. The van der Waals surface area contributed by atoms with Crippen molar-refractivity contribution in [3.8, 4) is 5.82 Å². The Balaban J connectivity index is 1.61. The lowest BCUT2D eigenvalue weighted by molar-refractivity contribution is -0.117. The van der Waals surface area contributed by atoms with Gasteiger partial charge in [-0.15, -0.1) is 4.80 Å².